The van der Waals surface area contributed by atoms with E-state index in [-0.39, 0.29) is 12.8 Å². The Morgan fingerprint density at radius 1 is 1.24 bits per heavy atom. The van der Waals surface area contributed by atoms with Crippen LogP contribution in [0.15, 0.2) is 36.4 Å². The highest BCUT2D eigenvalue weighted by molar-refractivity contribution is 6.32. The van der Waals surface area contributed by atoms with E-state index in [9.17, 15) is 0 Å². The molecule has 134 valence electrons. The van der Waals surface area contributed by atoms with Crippen LogP contribution in [0.1, 0.15) is 17.2 Å². The second-order valence-electron chi connectivity index (χ2n) is 6.16. The van der Waals surface area contributed by atoms with Gasteiger partial charge in [-0.3, -0.25) is 0 Å². The summed E-state index contributed by atoms with van der Waals surface area (Å²) in [6.07, 6.45) is 0. The van der Waals surface area contributed by atoms with Crippen molar-refractivity contribution in [1.29, 1.82) is 0 Å². The molecular weight excluding hydrogens is 340 g/mol. The van der Waals surface area contributed by atoms with Crippen LogP contribution in [-0.2, 0) is 6.54 Å². The van der Waals surface area contributed by atoms with Gasteiger partial charge < -0.3 is 24.4 Å². The van der Waals surface area contributed by atoms with Crippen LogP contribution in [0, 0.1) is 0 Å². The van der Waals surface area contributed by atoms with E-state index in [4.69, 9.17) is 25.8 Å². The first-order chi connectivity index (χ1) is 12.1. The maximum absolute atomic E-state index is 6.24. The molecule has 1 N–H and O–H groups in total. The van der Waals surface area contributed by atoms with Crippen LogP contribution >= 0.6 is 11.6 Å². The van der Waals surface area contributed by atoms with Gasteiger partial charge in [-0.05, 0) is 37.9 Å². The van der Waals surface area contributed by atoms with Gasteiger partial charge in [0.15, 0.2) is 11.5 Å². The summed E-state index contributed by atoms with van der Waals surface area (Å²) in [5.74, 6) is 2.23. The first kappa shape index (κ1) is 17.9. The van der Waals surface area contributed by atoms with E-state index < -0.39 is 0 Å². The summed E-state index contributed by atoms with van der Waals surface area (Å²) >= 11 is 6.24. The number of fused-ring (bicyclic) bond motifs is 1. The Kier molecular flexibility index (Phi) is 5.68. The second kappa shape index (κ2) is 7.95. The number of halogens is 1. The van der Waals surface area contributed by atoms with Gasteiger partial charge in [0, 0.05) is 18.7 Å². The summed E-state index contributed by atoms with van der Waals surface area (Å²) in [4.78, 5) is 2.18. The molecule has 5 nitrogen and oxygen atoms in total. The third-order valence-electron chi connectivity index (χ3n) is 4.28. The van der Waals surface area contributed by atoms with Crippen LogP contribution in [0.4, 0.5) is 0 Å². The smallest absolute Gasteiger partial charge is 0.231 e. The van der Waals surface area contributed by atoms with Crippen molar-refractivity contribution in [2.75, 3.05) is 34.5 Å². The Bertz CT molecular complexity index is 737. The molecule has 1 atom stereocenters. The summed E-state index contributed by atoms with van der Waals surface area (Å²) in [7, 11) is 5.83. The van der Waals surface area contributed by atoms with Gasteiger partial charge in [0.25, 0.3) is 0 Å². The molecule has 25 heavy (non-hydrogen) atoms. The highest BCUT2D eigenvalue weighted by atomic mass is 35.5. The van der Waals surface area contributed by atoms with Gasteiger partial charge in [-0.1, -0.05) is 29.8 Å². The summed E-state index contributed by atoms with van der Waals surface area (Å²) in [6, 6.07) is 12.2. The van der Waals surface area contributed by atoms with Crippen molar-refractivity contribution >= 4 is 11.6 Å². The fourth-order valence-corrected chi connectivity index (χ4v) is 3.28. The van der Waals surface area contributed by atoms with Crippen molar-refractivity contribution in [3.05, 3.63) is 52.5 Å². The van der Waals surface area contributed by atoms with E-state index in [0.29, 0.717) is 23.1 Å². The number of para-hydroxylation sites is 1. The fraction of sp³-hybridized carbons (Fsp3) is 0.368. The molecule has 0 saturated heterocycles. The number of nitrogens with zero attached hydrogens (tertiary/aromatic N) is 1. The molecule has 0 bridgehead atoms. The lowest BCUT2D eigenvalue weighted by atomic mass is 10.0. The van der Waals surface area contributed by atoms with Gasteiger partial charge in [-0.25, -0.2) is 0 Å². The minimum absolute atomic E-state index is 0.195. The molecule has 0 fully saturated rings. The molecule has 0 unspecified atom stereocenters. The summed E-state index contributed by atoms with van der Waals surface area (Å²) < 4.78 is 16.3. The number of hydrogen-bond acceptors (Lipinski definition) is 5. The van der Waals surface area contributed by atoms with Gasteiger partial charge in [-0.15, -0.1) is 0 Å². The highest BCUT2D eigenvalue weighted by Crippen LogP contribution is 2.39. The third kappa shape index (κ3) is 4.00. The zero-order chi connectivity index (χ0) is 17.8. The Labute approximate surface area is 153 Å². The lowest BCUT2D eigenvalue weighted by Gasteiger charge is -2.26. The first-order valence-electron chi connectivity index (χ1n) is 8.18. The van der Waals surface area contributed by atoms with Crippen molar-refractivity contribution in [3.63, 3.8) is 0 Å². The largest absolute Gasteiger partial charge is 0.496 e. The monoisotopic (exact) mass is 362 g/mol. The van der Waals surface area contributed by atoms with E-state index >= 15 is 0 Å². The van der Waals surface area contributed by atoms with Gasteiger partial charge in [0.2, 0.25) is 6.79 Å². The second-order valence-corrected chi connectivity index (χ2v) is 6.57. The van der Waals surface area contributed by atoms with E-state index in [1.54, 1.807) is 7.11 Å². The molecule has 0 spiro atoms. The van der Waals surface area contributed by atoms with Crippen molar-refractivity contribution in [3.8, 4) is 17.2 Å². The molecule has 1 aliphatic rings. The van der Waals surface area contributed by atoms with Crippen molar-refractivity contribution in [2.24, 2.45) is 0 Å². The molecule has 2 aromatic rings. The molecule has 1 heterocycles. The minimum Gasteiger partial charge on any atom is -0.496 e. The molecule has 0 amide bonds. The van der Waals surface area contributed by atoms with Gasteiger partial charge >= 0.3 is 0 Å². The summed E-state index contributed by atoms with van der Waals surface area (Å²) in [6.45, 7) is 1.69. The maximum atomic E-state index is 6.24. The Balaban J connectivity index is 1.68. The van der Waals surface area contributed by atoms with Gasteiger partial charge in [-0.2, -0.15) is 0 Å². The number of benzene rings is 2. The number of nitrogens with one attached hydrogen (secondary N) is 1. The van der Waals surface area contributed by atoms with Crippen LogP contribution in [-0.4, -0.2) is 39.4 Å². The predicted octanol–water partition coefficient (Wildman–Crippen LogP) is 3.47. The van der Waals surface area contributed by atoms with Gasteiger partial charge in [0.05, 0.1) is 18.2 Å². The molecular formula is C19H23ClN2O3. The highest BCUT2D eigenvalue weighted by Gasteiger charge is 2.20. The van der Waals surface area contributed by atoms with E-state index in [1.807, 2.05) is 30.3 Å². The minimum atomic E-state index is 0.195. The van der Waals surface area contributed by atoms with E-state index in [2.05, 4.69) is 30.4 Å². The average molecular weight is 363 g/mol. The van der Waals surface area contributed by atoms with Crippen LogP contribution in [0.25, 0.3) is 0 Å². The molecule has 6 heteroatoms. The van der Waals surface area contributed by atoms with E-state index in [0.717, 1.165) is 23.4 Å². The molecule has 3 rings (SSSR count). The zero-order valence-corrected chi connectivity index (χ0v) is 15.5. The SMILES string of the molecule is COc1ccccc1[C@H](CNCc1cc(Cl)c2c(c1)OCO2)N(C)C. The average Bonchev–Trinajstić information content (AvgIpc) is 3.07. The van der Waals surface area contributed by atoms with Crippen LogP contribution in [0.2, 0.25) is 5.02 Å². The number of likely N-dealkylation sites (N-methyl/N-ethyl adjacent to an activating group) is 1. The Morgan fingerprint density at radius 3 is 2.80 bits per heavy atom. The molecule has 0 radical (unpaired) electrons. The number of methoxy groups -OCH3 is 1. The van der Waals surface area contributed by atoms with Crippen molar-refractivity contribution in [2.45, 2.75) is 12.6 Å². The van der Waals surface area contributed by atoms with Gasteiger partial charge in [0.1, 0.15) is 5.75 Å². The zero-order valence-electron chi connectivity index (χ0n) is 14.7. The molecule has 0 aliphatic carbocycles. The summed E-state index contributed by atoms with van der Waals surface area (Å²) in [5.41, 5.74) is 2.22. The number of hydrogen-bond donors (Lipinski definition) is 1. The molecule has 2 aromatic carbocycles. The Morgan fingerprint density at radius 2 is 2.04 bits per heavy atom. The van der Waals surface area contributed by atoms with Crippen LogP contribution in [0.5, 0.6) is 17.2 Å². The lowest BCUT2D eigenvalue weighted by Crippen LogP contribution is -2.31. The molecule has 1 aliphatic heterocycles. The predicted molar refractivity (Wildman–Crippen MR) is 98.7 cm³/mol. The fourth-order valence-electron chi connectivity index (χ4n) is 2.99. The van der Waals surface area contributed by atoms with Crippen LogP contribution in [0.3, 0.4) is 0 Å². The lowest BCUT2D eigenvalue weighted by molar-refractivity contribution is 0.174. The van der Waals surface area contributed by atoms with Crippen molar-refractivity contribution in [1.82, 2.24) is 10.2 Å². The quantitative estimate of drug-likeness (QED) is 0.817. The van der Waals surface area contributed by atoms with E-state index in [1.165, 1.54) is 0 Å². The summed E-state index contributed by atoms with van der Waals surface area (Å²) in [5, 5.41) is 4.08. The standard InChI is InChI=1S/C19H23ClN2O3/c1-22(2)16(14-6-4-5-7-17(14)23-3)11-21-10-13-8-15(20)19-18(9-13)24-12-25-19/h4-9,16,21H,10-12H2,1-3H3/t16-/m0/s1. The number of ether oxygens (including phenoxy) is 3. The number of rotatable bonds is 7. The first-order valence-corrected chi connectivity index (χ1v) is 8.56. The molecule has 0 aromatic heterocycles. The topological polar surface area (TPSA) is 43.0 Å². The molecule has 0 saturated carbocycles. The van der Waals surface area contributed by atoms with Crippen molar-refractivity contribution < 1.29 is 14.2 Å². The van der Waals surface area contributed by atoms with Crippen LogP contribution < -0.4 is 19.5 Å². The third-order valence-corrected chi connectivity index (χ3v) is 4.56. The Hall–Kier alpha value is -1.95. The normalized spacial score (nSPS) is 14.0. The maximum Gasteiger partial charge on any atom is 0.231 e.